The predicted molar refractivity (Wildman–Crippen MR) is 66.9 cm³/mol. The second-order valence-corrected chi connectivity index (χ2v) is 5.05. The maximum Gasteiger partial charge on any atom is 0.148 e. The number of ether oxygens (including phenoxy) is 1. The lowest BCUT2D eigenvalue weighted by molar-refractivity contribution is 0.0580. The van der Waals surface area contributed by atoms with Gasteiger partial charge >= 0.3 is 0 Å². The molecular formula is C12H14Cl2FNO. The first kappa shape index (κ1) is 13.1. The van der Waals surface area contributed by atoms with E-state index in [1.54, 1.807) is 6.07 Å². The molecule has 2 nitrogen and oxygen atoms in total. The average molecular weight is 278 g/mol. The van der Waals surface area contributed by atoms with Gasteiger partial charge in [-0.2, -0.15) is 0 Å². The Morgan fingerprint density at radius 2 is 1.82 bits per heavy atom. The van der Waals surface area contributed by atoms with Crippen molar-refractivity contribution in [2.75, 3.05) is 13.2 Å². The van der Waals surface area contributed by atoms with Crippen molar-refractivity contribution in [1.29, 1.82) is 0 Å². The van der Waals surface area contributed by atoms with E-state index in [0.29, 0.717) is 23.8 Å². The van der Waals surface area contributed by atoms with E-state index in [-0.39, 0.29) is 10.9 Å². The van der Waals surface area contributed by atoms with Gasteiger partial charge in [-0.05, 0) is 30.9 Å². The summed E-state index contributed by atoms with van der Waals surface area (Å²) in [4.78, 5) is 0. The third kappa shape index (κ3) is 2.74. The van der Waals surface area contributed by atoms with Gasteiger partial charge in [0.25, 0.3) is 0 Å². The minimum absolute atomic E-state index is 0.0620. The zero-order valence-corrected chi connectivity index (χ0v) is 10.8. The smallest absolute Gasteiger partial charge is 0.148 e. The molecule has 1 atom stereocenters. The normalized spacial score (nSPS) is 19.3. The Bertz CT molecular complexity index is 408. The van der Waals surface area contributed by atoms with Gasteiger partial charge in [0.05, 0.1) is 5.02 Å². The van der Waals surface area contributed by atoms with Gasteiger partial charge in [-0.25, -0.2) is 4.39 Å². The summed E-state index contributed by atoms with van der Waals surface area (Å²) in [6.45, 7) is 1.33. The molecule has 1 aromatic rings. The van der Waals surface area contributed by atoms with Gasteiger partial charge in [0.2, 0.25) is 0 Å². The molecule has 17 heavy (non-hydrogen) atoms. The Kier molecular flexibility index (Phi) is 4.26. The van der Waals surface area contributed by atoms with Crippen molar-refractivity contribution in [2.24, 2.45) is 11.7 Å². The average Bonchev–Trinajstić information content (AvgIpc) is 2.35. The van der Waals surface area contributed by atoms with Gasteiger partial charge < -0.3 is 10.5 Å². The predicted octanol–water partition coefficient (Wildman–Crippen LogP) is 3.56. The standard InChI is InChI=1S/C12H14Cl2FNO/c13-8-1-2-9(14)11(15)10(8)12(16)7-3-5-17-6-4-7/h1-2,7,12H,3-6,16H2/t12-/m1/s1. The van der Waals surface area contributed by atoms with E-state index in [9.17, 15) is 4.39 Å². The SMILES string of the molecule is N[C@@H](c1c(Cl)ccc(Cl)c1F)C1CCOCC1. The van der Waals surface area contributed by atoms with Crippen LogP contribution in [0.2, 0.25) is 10.0 Å². The number of rotatable bonds is 2. The molecule has 0 saturated carbocycles. The lowest BCUT2D eigenvalue weighted by Gasteiger charge is -2.28. The van der Waals surface area contributed by atoms with E-state index in [1.165, 1.54) is 6.07 Å². The Labute approximate surface area is 110 Å². The fraction of sp³-hybridized carbons (Fsp3) is 0.500. The van der Waals surface area contributed by atoms with Crippen LogP contribution in [0, 0.1) is 11.7 Å². The highest BCUT2D eigenvalue weighted by atomic mass is 35.5. The number of benzene rings is 1. The maximum atomic E-state index is 13.9. The molecule has 0 unspecified atom stereocenters. The second kappa shape index (κ2) is 5.53. The molecule has 1 heterocycles. The molecule has 0 aromatic heterocycles. The Morgan fingerprint density at radius 3 is 2.47 bits per heavy atom. The monoisotopic (exact) mass is 277 g/mol. The third-order valence-corrected chi connectivity index (χ3v) is 3.81. The molecule has 2 rings (SSSR count). The Balaban J connectivity index is 2.29. The summed E-state index contributed by atoms with van der Waals surface area (Å²) in [5.41, 5.74) is 6.43. The lowest BCUT2D eigenvalue weighted by Crippen LogP contribution is -2.28. The summed E-state index contributed by atoms with van der Waals surface area (Å²) in [5, 5.41) is 0.401. The van der Waals surface area contributed by atoms with Crippen LogP contribution in [0.15, 0.2) is 12.1 Å². The summed E-state index contributed by atoms with van der Waals surface area (Å²) in [6, 6.07) is 2.60. The first-order chi connectivity index (χ1) is 8.11. The summed E-state index contributed by atoms with van der Waals surface area (Å²) < 4.78 is 19.2. The van der Waals surface area contributed by atoms with Crippen molar-refractivity contribution in [3.05, 3.63) is 33.6 Å². The Hall–Kier alpha value is -0.350. The van der Waals surface area contributed by atoms with Crippen LogP contribution in [0.5, 0.6) is 0 Å². The first-order valence-corrected chi connectivity index (χ1v) is 6.33. The zero-order valence-electron chi connectivity index (χ0n) is 9.26. The van der Waals surface area contributed by atoms with Crippen LogP contribution in [0.3, 0.4) is 0 Å². The molecular weight excluding hydrogens is 264 g/mol. The van der Waals surface area contributed by atoms with E-state index in [2.05, 4.69) is 0 Å². The van der Waals surface area contributed by atoms with Crippen molar-refractivity contribution < 1.29 is 9.13 Å². The quantitative estimate of drug-likeness (QED) is 0.839. The van der Waals surface area contributed by atoms with Crippen LogP contribution in [0.1, 0.15) is 24.4 Å². The molecule has 0 aliphatic carbocycles. The number of nitrogens with two attached hydrogens (primary N) is 1. The fourth-order valence-electron chi connectivity index (χ4n) is 2.16. The lowest BCUT2D eigenvalue weighted by atomic mass is 9.87. The zero-order chi connectivity index (χ0) is 12.4. The highest BCUT2D eigenvalue weighted by Gasteiger charge is 2.27. The number of halogens is 3. The van der Waals surface area contributed by atoms with Crippen LogP contribution in [0.4, 0.5) is 4.39 Å². The van der Waals surface area contributed by atoms with Crippen LogP contribution in [-0.4, -0.2) is 13.2 Å². The second-order valence-electron chi connectivity index (χ2n) is 4.23. The highest BCUT2D eigenvalue weighted by molar-refractivity contribution is 6.33. The third-order valence-electron chi connectivity index (χ3n) is 3.19. The molecule has 0 radical (unpaired) electrons. The molecule has 5 heteroatoms. The van der Waals surface area contributed by atoms with Gasteiger partial charge in [-0.3, -0.25) is 0 Å². The van der Waals surface area contributed by atoms with E-state index >= 15 is 0 Å². The van der Waals surface area contributed by atoms with Crippen LogP contribution in [0.25, 0.3) is 0 Å². The molecule has 2 N–H and O–H groups in total. The summed E-state index contributed by atoms with van der Waals surface area (Å²) in [7, 11) is 0. The van der Waals surface area contributed by atoms with Crippen molar-refractivity contribution in [3.63, 3.8) is 0 Å². The van der Waals surface area contributed by atoms with Gasteiger partial charge in [-0.15, -0.1) is 0 Å². The van der Waals surface area contributed by atoms with Crippen LogP contribution >= 0.6 is 23.2 Å². The van der Waals surface area contributed by atoms with Gasteiger partial charge in [0.1, 0.15) is 5.82 Å². The molecule has 1 fully saturated rings. The molecule has 0 spiro atoms. The van der Waals surface area contributed by atoms with Crippen molar-refractivity contribution >= 4 is 23.2 Å². The molecule has 1 aliphatic heterocycles. The summed E-state index contributed by atoms with van der Waals surface area (Å²) in [5.74, 6) is -0.313. The summed E-state index contributed by atoms with van der Waals surface area (Å²) in [6.07, 6.45) is 1.65. The van der Waals surface area contributed by atoms with Crippen molar-refractivity contribution in [2.45, 2.75) is 18.9 Å². The van der Waals surface area contributed by atoms with Crippen molar-refractivity contribution in [3.8, 4) is 0 Å². The van der Waals surface area contributed by atoms with Gasteiger partial charge in [0, 0.05) is 29.8 Å². The molecule has 94 valence electrons. The maximum absolute atomic E-state index is 13.9. The molecule has 1 aromatic carbocycles. The molecule has 1 aliphatic rings. The van der Waals surface area contributed by atoms with Crippen molar-refractivity contribution in [1.82, 2.24) is 0 Å². The van der Waals surface area contributed by atoms with Gasteiger partial charge in [-0.1, -0.05) is 23.2 Å². The van der Waals surface area contributed by atoms with E-state index < -0.39 is 11.9 Å². The van der Waals surface area contributed by atoms with Gasteiger partial charge in [0.15, 0.2) is 0 Å². The van der Waals surface area contributed by atoms with Crippen LogP contribution < -0.4 is 5.73 Å². The van der Waals surface area contributed by atoms with Crippen LogP contribution in [-0.2, 0) is 4.74 Å². The number of hydrogen-bond acceptors (Lipinski definition) is 2. The first-order valence-electron chi connectivity index (χ1n) is 5.58. The number of hydrogen-bond donors (Lipinski definition) is 1. The minimum Gasteiger partial charge on any atom is -0.381 e. The van der Waals surface area contributed by atoms with E-state index in [1.807, 2.05) is 0 Å². The molecule has 0 amide bonds. The topological polar surface area (TPSA) is 35.2 Å². The largest absolute Gasteiger partial charge is 0.381 e. The minimum atomic E-state index is -0.502. The Morgan fingerprint density at radius 1 is 1.24 bits per heavy atom. The van der Waals surface area contributed by atoms with E-state index in [4.69, 9.17) is 33.7 Å². The highest BCUT2D eigenvalue weighted by Crippen LogP contribution is 2.35. The van der Waals surface area contributed by atoms with E-state index in [0.717, 1.165) is 12.8 Å². The molecule has 1 saturated heterocycles. The summed E-state index contributed by atoms with van der Waals surface area (Å²) >= 11 is 11.8. The molecule has 0 bridgehead atoms. The fourth-order valence-corrected chi connectivity index (χ4v) is 2.60.